The van der Waals surface area contributed by atoms with E-state index in [0.717, 1.165) is 38.0 Å². The highest BCUT2D eigenvalue weighted by Crippen LogP contribution is 2.35. The van der Waals surface area contributed by atoms with Crippen LogP contribution in [0.2, 0.25) is 0 Å². The maximum absolute atomic E-state index is 13.1. The normalized spacial score (nSPS) is 18.3. The Hall–Kier alpha value is -3.51. The molecule has 0 saturated carbocycles. The van der Waals surface area contributed by atoms with Crippen LogP contribution in [-0.2, 0) is 22.6 Å². The number of nitrogens with zero attached hydrogens (tertiary/aromatic N) is 6. The minimum atomic E-state index is -0.803. The number of nitro groups is 1. The van der Waals surface area contributed by atoms with Crippen molar-refractivity contribution < 1.29 is 19.2 Å². The minimum absolute atomic E-state index is 0.0238. The van der Waals surface area contributed by atoms with E-state index in [1.807, 2.05) is 6.92 Å². The molecule has 1 aromatic heterocycles. The lowest BCUT2D eigenvalue weighted by Crippen LogP contribution is -2.57. The maximum atomic E-state index is 13.1. The molecule has 1 atom stereocenters. The Morgan fingerprint density at radius 2 is 1.82 bits per heavy atom. The minimum Gasteiger partial charge on any atom is -0.464 e. The SMILES string of the molecule is CCCCOc1nc(N)c([N+](=O)[O-])c(N2CCN(Cc3cccc(CN4CCCC4)c3)CC2C(=O)OCC)n1. The second-order valence-electron chi connectivity index (χ2n) is 10.0. The molecule has 2 fully saturated rings. The van der Waals surface area contributed by atoms with Crippen LogP contribution in [0.15, 0.2) is 24.3 Å². The molecule has 0 spiro atoms. The molecule has 0 radical (unpaired) electrons. The van der Waals surface area contributed by atoms with Gasteiger partial charge < -0.3 is 20.1 Å². The summed E-state index contributed by atoms with van der Waals surface area (Å²) in [6.45, 7) is 9.39. The van der Waals surface area contributed by atoms with E-state index in [-0.39, 0.29) is 24.3 Å². The lowest BCUT2D eigenvalue weighted by Gasteiger charge is -2.40. The van der Waals surface area contributed by atoms with Crippen molar-refractivity contribution in [1.29, 1.82) is 0 Å². The molecule has 1 unspecified atom stereocenters. The standard InChI is InChI=1S/C27H39N7O5/c1-3-5-15-39-27-29-24(28)23(34(36)37)25(30-27)33-14-13-32(19-22(33)26(35)38-4-2)18-21-10-8-9-20(16-21)17-31-11-6-7-12-31/h8-10,16,22H,3-7,11-15,17-19H2,1-2H3,(H2,28,29,30). The molecule has 4 rings (SSSR count). The maximum Gasteiger partial charge on any atom is 0.353 e. The van der Waals surface area contributed by atoms with Gasteiger partial charge in [0.05, 0.1) is 18.1 Å². The van der Waals surface area contributed by atoms with E-state index in [1.54, 1.807) is 11.8 Å². The Kier molecular flexibility index (Phi) is 9.88. The molecular weight excluding hydrogens is 502 g/mol. The Labute approximate surface area is 229 Å². The van der Waals surface area contributed by atoms with Crippen LogP contribution in [0.25, 0.3) is 0 Å². The summed E-state index contributed by atoms with van der Waals surface area (Å²) in [7, 11) is 0. The molecule has 12 nitrogen and oxygen atoms in total. The van der Waals surface area contributed by atoms with Crippen LogP contribution in [0.1, 0.15) is 50.7 Å². The Bertz CT molecular complexity index is 1140. The van der Waals surface area contributed by atoms with Crippen molar-refractivity contribution in [2.45, 2.75) is 58.7 Å². The van der Waals surface area contributed by atoms with Crippen molar-refractivity contribution in [3.8, 4) is 6.01 Å². The number of esters is 1. The molecule has 2 aliphatic rings. The highest BCUT2D eigenvalue weighted by molar-refractivity contribution is 5.83. The number of rotatable bonds is 12. The molecule has 0 bridgehead atoms. The van der Waals surface area contributed by atoms with Gasteiger partial charge in [-0.25, -0.2) is 4.79 Å². The number of aromatic nitrogens is 2. The summed E-state index contributed by atoms with van der Waals surface area (Å²) < 4.78 is 11.0. The predicted octanol–water partition coefficient (Wildman–Crippen LogP) is 3.00. The van der Waals surface area contributed by atoms with E-state index in [2.05, 4.69) is 44.0 Å². The lowest BCUT2D eigenvalue weighted by molar-refractivity contribution is -0.383. The average Bonchev–Trinajstić information content (AvgIpc) is 3.41. The number of carbonyl (C=O) groups is 1. The number of ether oxygens (including phenoxy) is 2. The number of nitrogen functional groups attached to an aromatic ring is 1. The van der Waals surface area contributed by atoms with Crippen molar-refractivity contribution in [2.75, 3.05) is 56.6 Å². The van der Waals surface area contributed by atoms with Gasteiger partial charge in [-0.05, 0) is 50.4 Å². The summed E-state index contributed by atoms with van der Waals surface area (Å²) in [6.07, 6.45) is 4.19. The van der Waals surface area contributed by atoms with Crippen LogP contribution in [0.5, 0.6) is 6.01 Å². The van der Waals surface area contributed by atoms with Crippen LogP contribution in [-0.4, -0.2) is 82.6 Å². The Balaban J connectivity index is 1.55. The molecule has 2 saturated heterocycles. The van der Waals surface area contributed by atoms with Gasteiger partial charge in [0.1, 0.15) is 6.04 Å². The van der Waals surface area contributed by atoms with Crippen molar-refractivity contribution in [2.24, 2.45) is 0 Å². The molecule has 2 N–H and O–H groups in total. The first-order valence-corrected chi connectivity index (χ1v) is 13.8. The van der Waals surface area contributed by atoms with E-state index < -0.39 is 22.6 Å². The van der Waals surface area contributed by atoms with Gasteiger partial charge in [0, 0.05) is 32.7 Å². The van der Waals surface area contributed by atoms with Gasteiger partial charge in [-0.3, -0.25) is 19.9 Å². The molecule has 1 aromatic carbocycles. The van der Waals surface area contributed by atoms with E-state index in [1.165, 1.54) is 18.4 Å². The van der Waals surface area contributed by atoms with E-state index >= 15 is 0 Å². The van der Waals surface area contributed by atoms with Gasteiger partial charge in [0.25, 0.3) is 0 Å². The topological polar surface area (TPSA) is 140 Å². The second kappa shape index (κ2) is 13.5. The fraction of sp³-hybridized carbons (Fsp3) is 0.593. The van der Waals surface area contributed by atoms with Crippen LogP contribution in [0.3, 0.4) is 0 Å². The molecule has 212 valence electrons. The summed E-state index contributed by atoms with van der Waals surface area (Å²) in [5.41, 5.74) is 7.99. The number of benzene rings is 1. The zero-order valence-corrected chi connectivity index (χ0v) is 22.9. The molecule has 12 heteroatoms. The molecule has 39 heavy (non-hydrogen) atoms. The van der Waals surface area contributed by atoms with Gasteiger partial charge in [0.2, 0.25) is 11.6 Å². The average molecular weight is 542 g/mol. The number of likely N-dealkylation sites (tertiary alicyclic amines) is 1. The van der Waals surface area contributed by atoms with Crippen LogP contribution in [0, 0.1) is 10.1 Å². The number of anilines is 2. The summed E-state index contributed by atoms with van der Waals surface area (Å²) >= 11 is 0. The predicted molar refractivity (Wildman–Crippen MR) is 147 cm³/mol. The monoisotopic (exact) mass is 541 g/mol. The van der Waals surface area contributed by atoms with E-state index in [0.29, 0.717) is 32.8 Å². The molecular formula is C27H39N7O5. The molecule has 0 amide bonds. The fourth-order valence-electron chi connectivity index (χ4n) is 5.15. The largest absolute Gasteiger partial charge is 0.464 e. The third-order valence-electron chi connectivity index (χ3n) is 7.08. The van der Waals surface area contributed by atoms with Crippen molar-refractivity contribution in [1.82, 2.24) is 19.8 Å². The van der Waals surface area contributed by atoms with Gasteiger partial charge in [-0.2, -0.15) is 9.97 Å². The third-order valence-corrected chi connectivity index (χ3v) is 7.08. The highest BCUT2D eigenvalue weighted by Gasteiger charge is 2.39. The van der Waals surface area contributed by atoms with Crippen molar-refractivity contribution >= 4 is 23.3 Å². The lowest BCUT2D eigenvalue weighted by atomic mass is 10.1. The van der Waals surface area contributed by atoms with E-state index in [4.69, 9.17) is 15.2 Å². The summed E-state index contributed by atoms with van der Waals surface area (Å²) in [5.74, 6) is -0.786. The molecule has 2 aliphatic heterocycles. The number of unbranched alkanes of at least 4 members (excludes halogenated alkanes) is 1. The second-order valence-corrected chi connectivity index (χ2v) is 10.0. The van der Waals surface area contributed by atoms with Crippen molar-refractivity contribution in [3.63, 3.8) is 0 Å². The smallest absolute Gasteiger partial charge is 0.353 e. The molecule has 3 heterocycles. The van der Waals surface area contributed by atoms with Crippen molar-refractivity contribution in [3.05, 3.63) is 45.5 Å². The fourth-order valence-corrected chi connectivity index (χ4v) is 5.15. The van der Waals surface area contributed by atoms with E-state index in [9.17, 15) is 14.9 Å². The summed E-state index contributed by atoms with van der Waals surface area (Å²) in [6, 6.07) is 7.70. The van der Waals surface area contributed by atoms with Crippen LogP contribution in [0.4, 0.5) is 17.3 Å². The summed E-state index contributed by atoms with van der Waals surface area (Å²) in [5, 5.41) is 12.0. The van der Waals surface area contributed by atoms with Crippen LogP contribution < -0.4 is 15.4 Å². The number of nitrogens with two attached hydrogens (primary N) is 1. The molecule has 2 aromatic rings. The highest BCUT2D eigenvalue weighted by atomic mass is 16.6. The van der Waals surface area contributed by atoms with Crippen LogP contribution >= 0.6 is 0 Å². The van der Waals surface area contributed by atoms with Gasteiger partial charge >= 0.3 is 17.7 Å². The Morgan fingerprint density at radius 1 is 1.10 bits per heavy atom. The first kappa shape index (κ1) is 28.5. The number of carbonyl (C=O) groups excluding carboxylic acids is 1. The van der Waals surface area contributed by atoms with Gasteiger partial charge in [-0.1, -0.05) is 37.6 Å². The summed E-state index contributed by atoms with van der Waals surface area (Å²) in [4.78, 5) is 39.1. The number of hydrogen-bond donors (Lipinski definition) is 1. The Morgan fingerprint density at radius 3 is 2.49 bits per heavy atom. The zero-order valence-electron chi connectivity index (χ0n) is 22.9. The number of piperazine rings is 1. The number of hydrogen-bond acceptors (Lipinski definition) is 11. The third kappa shape index (κ3) is 7.33. The van der Waals surface area contributed by atoms with Gasteiger partial charge in [0.15, 0.2) is 0 Å². The quantitative estimate of drug-likeness (QED) is 0.183. The molecule has 0 aliphatic carbocycles. The first-order valence-electron chi connectivity index (χ1n) is 13.8. The first-order chi connectivity index (χ1) is 18.9. The van der Waals surface area contributed by atoms with Gasteiger partial charge in [-0.15, -0.1) is 0 Å². The zero-order chi connectivity index (χ0) is 27.8.